The molecule has 0 bridgehead atoms. The second kappa shape index (κ2) is 5.75. The lowest BCUT2D eigenvalue weighted by Crippen LogP contribution is -2.00. The van der Waals surface area contributed by atoms with Crippen LogP contribution in [-0.4, -0.2) is 23.8 Å². The predicted molar refractivity (Wildman–Crippen MR) is 67.8 cm³/mol. The zero-order chi connectivity index (χ0) is 12.1. The van der Waals surface area contributed by atoms with Gasteiger partial charge in [0.1, 0.15) is 0 Å². The quantitative estimate of drug-likeness (QED) is 0.804. The van der Waals surface area contributed by atoms with Crippen molar-refractivity contribution in [2.24, 2.45) is 0 Å². The van der Waals surface area contributed by atoms with Gasteiger partial charge in [0.2, 0.25) is 0 Å². The second-order valence-corrected chi connectivity index (χ2v) is 4.11. The van der Waals surface area contributed by atoms with Crippen LogP contribution in [0.25, 0.3) is 10.9 Å². The molecule has 1 heterocycles. The number of aliphatic hydroxyl groups is 1. The van der Waals surface area contributed by atoms with E-state index in [1.165, 1.54) is 0 Å². The third-order valence-corrected chi connectivity index (χ3v) is 2.84. The molecule has 3 heteroatoms. The molecule has 0 fully saturated rings. The molecule has 0 radical (unpaired) electrons. The highest BCUT2D eigenvalue weighted by Crippen LogP contribution is 2.22. The summed E-state index contributed by atoms with van der Waals surface area (Å²) in [5.41, 5.74) is 1.85. The minimum absolute atomic E-state index is 0.434. The Morgan fingerprint density at radius 3 is 3.06 bits per heavy atom. The number of aromatic nitrogens is 1. The lowest BCUT2D eigenvalue weighted by molar-refractivity contribution is 0.136. The number of ether oxygens (including phenoxy) is 1. The molecule has 0 aliphatic rings. The zero-order valence-electron chi connectivity index (χ0n) is 9.97. The maximum absolute atomic E-state index is 10.0. The molecule has 1 unspecified atom stereocenters. The Kier molecular flexibility index (Phi) is 4.07. The number of benzene rings is 1. The van der Waals surface area contributed by atoms with Crippen LogP contribution in [0.5, 0.6) is 0 Å². The van der Waals surface area contributed by atoms with Crippen molar-refractivity contribution < 1.29 is 9.84 Å². The lowest BCUT2D eigenvalue weighted by atomic mass is 10.0. The molecule has 0 saturated carbocycles. The number of fused-ring (bicyclic) bond motifs is 1. The Balaban J connectivity index is 2.12. The molecule has 90 valence electrons. The van der Waals surface area contributed by atoms with Crippen molar-refractivity contribution in [3.8, 4) is 0 Å². The highest BCUT2D eigenvalue weighted by atomic mass is 16.5. The van der Waals surface area contributed by atoms with E-state index in [1.54, 1.807) is 13.3 Å². The summed E-state index contributed by atoms with van der Waals surface area (Å²) < 4.78 is 4.97. The Morgan fingerprint density at radius 1 is 1.35 bits per heavy atom. The average Bonchev–Trinajstić information content (AvgIpc) is 2.38. The fraction of sp³-hybridized carbons (Fsp3) is 0.357. The van der Waals surface area contributed by atoms with Crippen LogP contribution in [0.15, 0.2) is 36.5 Å². The number of rotatable bonds is 5. The van der Waals surface area contributed by atoms with Crippen LogP contribution in [0.2, 0.25) is 0 Å². The van der Waals surface area contributed by atoms with E-state index in [4.69, 9.17) is 4.74 Å². The summed E-state index contributed by atoms with van der Waals surface area (Å²) in [6, 6.07) is 9.84. The molecule has 0 amide bonds. The third kappa shape index (κ3) is 3.02. The lowest BCUT2D eigenvalue weighted by Gasteiger charge is -2.11. The Hall–Kier alpha value is -1.45. The first kappa shape index (κ1) is 12.0. The molecule has 3 nitrogen and oxygen atoms in total. The molecule has 0 spiro atoms. The van der Waals surface area contributed by atoms with E-state index < -0.39 is 6.10 Å². The van der Waals surface area contributed by atoms with Crippen LogP contribution in [0.3, 0.4) is 0 Å². The summed E-state index contributed by atoms with van der Waals surface area (Å²) in [5.74, 6) is 0. The summed E-state index contributed by atoms with van der Waals surface area (Å²) in [5, 5.41) is 11.1. The number of pyridine rings is 1. The van der Waals surface area contributed by atoms with Crippen LogP contribution in [-0.2, 0) is 4.74 Å². The van der Waals surface area contributed by atoms with Gasteiger partial charge in [0.05, 0.1) is 11.6 Å². The predicted octanol–water partition coefficient (Wildman–Crippen LogP) is 2.69. The van der Waals surface area contributed by atoms with Crippen LogP contribution >= 0.6 is 0 Å². The Morgan fingerprint density at radius 2 is 2.24 bits per heavy atom. The van der Waals surface area contributed by atoms with Gasteiger partial charge in [0.15, 0.2) is 0 Å². The highest BCUT2D eigenvalue weighted by Gasteiger charge is 2.07. The zero-order valence-corrected chi connectivity index (χ0v) is 9.97. The fourth-order valence-electron chi connectivity index (χ4n) is 1.88. The molecule has 1 N–H and O–H groups in total. The summed E-state index contributed by atoms with van der Waals surface area (Å²) in [6.45, 7) is 0.683. The third-order valence-electron chi connectivity index (χ3n) is 2.84. The minimum atomic E-state index is -0.434. The molecular formula is C14H17NO2. The molecule has 1 atom stereocenters. The van der Waals surface area contributed by atoms with Crippen molar-refractivity contribution in [2.75, 3.05) is 13.7 Å². The first-order valence-electron chi connectivity index (χ1n) is 5.83. The van der Waals surface area contributed by atoms with Crippen LogP contribution in [0, 0.1) is 0 Å². The van der Waals surface area contributed by atoms with Crippen molar-refractivity contribution in [2.45, 2.75) is 18.9 Å². The summed E-state index contributed by atoms with van der Waals surface area (Å²) >= 11 is 0. The number of aliphatic hydroxyl groups excluding tert-OH is 1. The van der Waals surface area contributed by atoms with Gasteiger partial charge in [-0.1, -0.05) is 18.2 Å². The van der Waals surface area contributed by atoms with E-state index in [9.17, 15) is 5.11 Å². The second-order valence-electron chi connectivity index (χ2n) is 4.11. The number of hydrogen-bond acceptors (Lipinski definition) is 3. The van der Waals surface area contributed by atoms with Crippen LogP contribution in [0.1, 0.15) is 24.5 Å². The molecule has 1 aromatic heterocycles. The molecular weight excluding hydrogens is 214 g/mol. The molecule has 0 saturated heterocycles. The molecule has 0 aliphatic carbocycles. The fourth-order valence-corrected chi connectivity index (χ4v) is 1.88. The van der Waals surface area contributed by atoms with Gasteiger partial charge in [-0.3, -0.25) is 4.98 Å². The molecule has 2 aromatic rings. The van der Waals surface area contributed by atoms with Crippen LogP contribution in [0.4, 0.5) is 0 Å². The van der Waals surface area contributed by atoms with Gasteiger partial charge in [-0.2, -0.15) is 0 Å². The topological polar surface area (TPSA) is 42.4 Å². The van der Waals surface area contributed by atoms with Gasteiger partial charge < -0.3 is 9.84 Å². The van der Waals surface area contributed by atoms with Crippen molar-refractivity contribution in [1.29, 1.82) is 0 Å². The van der Waals surface area contributed by atoms with Crippen molar-refractivity contribution >= 4 is 10.9 Å². The molecule has 2 rings (SSSR count). The number of hydrogen-bond donors (Lipinski definition) is 1. The van der Waals surface area contributed by atoms with Crippen molar-refractivity contribution in [3.05, 3.63) is 42.1 Å². The first-order chi connectivity index (χ1) is 8.31. The number of nitrogens with zero attached hydrogens (tertiary/aromatic N) is 1. The van der Waals surface area contributed by atoms with Gasteiger partial charge in [0, 0.05) is 25.3 Å². The van der Waals surface area contributed by atoms with Gasteiger partial charge in [0.25, 0.3) is 0 Å². The van der Waals surface area contributed by atoms with E-state index in [2.05, 4.69) is 4.98 Å². The van der Waals surface area contributed by atoms with E-state index >= 15 is 0 Å². The summed E-state index contributed by atoms with van der Waals surface area (Å²) in [7, 11) is 1.67. The van der Waals surface area contributed by atoms with E-state index in [-0.39, 0.29) is 0 Å². The Labute approximate surface area is 101 Å². The minimum Gasteiger partial charge on any atom is -0.388 e. The van der Waals surface area contributed by atoms with Crippen molar-refractivity contribution in [1.82, 2.24) is 4.98 Å². The van der Waals surface area contributed by atoms with Gasteiger partial charge in [-0.05, 0) is 30.5 Å². The maximum atomic E-state index is 10.0. The summed E-state index contributed by atoms with van der Waals surface area (Å²) in [4.78, 5) is 4.28. The smallest absolute Gasteiger partial charge is 0.0791 e. The SMILES string of the molecule is COCCCC(O)c1ccc2cccnc2c1. The molecule has 0 aliphatic heterocycles. The maximum Gasteiger partial charge on any atom is 0.0791 e. The van der Waals surface area contributed by atoms with Gasteiger partial charge in [-0.15, -0.1) is 0 Å². The standard InChI is InChI=1S/C14H17NO2/c1-17-9-3-5-14(16)12-7-6-11-4-2-8-15-13(11)10-12/h2,4,6-8,10,14,16H,3,5,9H2,1H3. The normalized spacial score (nSPS) is 12.8. The van der Waals surface area contributed by atoms with Crippen LogP contribution < -0.4 is 0 Å². The van der Waals surface area contributed by atoms with E-state index in [1.807, 2.05) is 30.3 Å². The molecule has 1 aromatic carbocycles. The van der Waals surface area contributed by atoms with Gasteiger partial charge in [-0.25, -0.2) is 0 Å². The average molecular weight is 231 g/mol. The monoisotopic (exact) mass is 231 g/mol. The number of methoxy groups -OCH3 is 1. The van der Waals surface area contributed by atoms with E-state index in [0.29, 0.717) is 13.0 Å². The summed E-state index contributed by atoms with van der Waals surface area (Å²) in [6.07, 6.45) is 2.91. The highest BCUT2D eigenvalue weighted by molar-refractivity contribution is 5.78. The largest absolute Gasteiger partial charge is 0.388 e. The Bertz CT molecular complexity index is 484. The first-order valence-corrected chi connectivity index (χ1v) is 5.83. The van der Waals surface area contributed by atoms with Crippen molar-refractivity contribution in [3.63, 3.8) is 0 Å². The van der Waals surface area contributed by atoms with Gasteiger partial charge >= 0.3 is 0 Å². The van der Waals surface area contributed by atoms with E-state index in [0.717, 1.165) is 22.9 Å². The molecule has 17 heavy (non-hydrogen) atoms.